The van der Waals surface area contributed by atoms with E-state index in [-0.39, 0.29) is 12.3 Å². The Morgan fingerprint density at radius 1 is 1.27 bits per heavy atom. The number of methoxy groups -OCH3 is 1. The number of carbonyl (C=O) groups excluding carboxylic acids is 1. The molecule has 1 unspecified atom stereocenters. The van der Waals surface area contributed by atoms with E-state index in [1.807, 2.05) is 26.0 Å². The van der Waals surface area contributed by atoms with Gasteiger partial charge in [-0.2, -0.15) is 0 Å². The second kappa shape index (κ2) is 9.39. The summed E-state index contributed by atoms with van der Waals surface area (Å²) in [5.74, 6) is -0.0950. The highest BCUT2D eigenvalue weighted by atomic mass is 35.5. The van der Waals surface area contributed by atoms with Gasteiger partial charge in [-0.1, -0.05) is 23.7 Å². The van der Waals surface area contributed by atoms with Crippen molar-refractivity contribution in [2.24, 2.45) is 0 Å². The van der Waals surface area contributed by atoms with E-state index in [1.54, 1.807) is 12.1 Å². The molecule has 0 bridgehead atoms. The zero-order valence-corrected chi connectivity index (χ0v) is 18.3. The van der Waals surface area contributed by atoms with Gasteiger partial charge >= 0.3 is 5.97 Å². The normalized spacial score (nSPS) is 17.5. The molecule has 1 aromatic heterocycles. The highest BCUT2D eigenvalue weighted by Gasteiger charge is 2.34. The van der Waals surface area contributed by atoms with Gasteiger partial charge < -0.3 is 29.6 Å². The molecule has 164 valence electrons. The first kappa shape index (κ1) is 22.6. The molecular formula is C22H29ClN2O5. The number of aromatic nitrogens is 1. The smallest absolute Gasteiger partial charge is 0.358 e. The third kappa shape index (κ3) is 4.98. The molecule has 1 aliphatic heterocycles. The molecule has 30 heavy (non-hydrogen) atoms. The van der Waals surface area contributed by atoms with Crippen LogP contribution < -0.4 is 4.74 Å². The predicted octanol–water partition coefficient (Wildman–Crippen LogP) is 2.79. The average Bonchev–Trinajstić information content (AvgIpc) is 3.02. The van der Waals surface area contributed by atoms with Crippen molar-refractivity contribution in [3.63, 3.8) is 0 Å². The minimum absolute atomic E-state index is 0.0556. The van der Waals surface area contributed by atoms with Crippen molar-refractivity contribution < 1.29 is 24.5 Å². The molecule has 3 N–H and O–H groups in total. The van der Waals surface area contributed by atoms with E-state index in [1.165, 1.54) is 7.11 Å². The lowest BCUT2D eigenvalue weighted by Gasteiger charge is -2.39. The Hall–Kier alpha value is -2.06. The molecule has 0 saturated carbocycles. The van der Waals surface area contributed by atoms with Crippen molar-refractivity contribution in [3.05, 3.63) is 51.8 Å². The minimum Gasteiger partial charge on any atom is -0.488 e. The molecule has 1 saturated heterocycles. The summed E-state index contributed by atoms with van der Waals surface area (Å²) in [5, 5.41) is 22.1. The Morgan fingerprint density at radius 3 is 2.50 bits per heavy atom. The number of hydrogen-bond donors (Lipinski definition) is 3. The maximum absolute atomic E-state index is 11.9. The summed E-state index contributed by atoms with van der Waals surface area (Å²) in [7, 11) is 1.31. The van der Waals surface area contributed by atoms with Crippen LogP contribution in [0.2, 0.25) is 5.02 Å². The quantitative estimate of drug-likeness (QED) is 0.578. The van der Waals surface area contributed by atoms with Gasteiger partial charge in [0, 0.05) is 35.9 Å². The first-order chi connectivity index (χ1) is 14.2. The van der Waals surface area contributed by atoms with E-state index < -0.39 is 17.7 Å². The number of nitrogens with zero attached hydrogens (tertiary/aromatic N) is 1. The van der Waals surface area contributed by atoms with Crippen molar-refractivity contribution >= 4 is 17.6 Å². The van der Waals surface area contributed by atoms with Crippen LogP contribution in [-0.4, -0.2) is 65.5 Å². The Morgan fingerprint density at radius 2 is 1.90 bits per heavy atom. The molecule has 1 atom stereocenters. The van der Waals surface area contributed by atoms with Crippen molar-refractivity contribution in [3.8, 4) is 5.75 Å². The number of esters is 1. The van der Waals surface area contributed by atoms with Crippen molar-refractivity contribution in [1.82, 2.24) is 9.88 Å². The lowest BCUT2D eigenvalue weighted by atomic mass is 9.84. The topological polar surface area (TPSA) is 95.0 Å². The number of aliphatic hydroxyl groups excluding tert-OH is 1. The molecule has 1 aromatic carbocycles. The van der Waals surface area contributed by atoms with Crippen LogP contribution in [0.3, 0.4) is 0 Å². The number of aryl methyl sites for hydroxylation is 1. The maximum Gasteiger partial charge on any atom is 0.358 e. The summed E-state index contributed by atoms with van der Waals surface area (Å²) in [6.45, 7) is 5.49. The summed E-state index contributed by atoms with van der Waals surface area (Å²) in [6, 6.07) is 7.30. The van der Waals surface area contributed by atoms with Gasteiger partial charge in [0.2, 0.25) is 0 Å². The number of nitrogens with one attached hydrogen (secondary N) is 1. The average molecular weight is 437 g/mol. The van der Waals surface area contributed by atoms with Gasteiger partial charge in [0.05, 0.1) is 12.7 Å². The fourth-order valence-corrected chi connectivity index (χ4v) is 3.93. The summed E-state index contributed by atoms with van der Waals surface area (Å²) < 4.78 is 10.6. The van der Waals surface area contributed by atoms with Gasteiger partial charge in [-0.25, -0.2) is 4.79 Å². The summed E-state index contributed by atoms with van der Waals surface area (Å²) >= 11 is 5.94. The number of carbonyl (C=O) groups is 1. The molecule has 0 amide bonds. The lowest BCUT2D eigenvalue weighted by Crippen LogP contribution is -2.46. The maximum atomic E-state index is 11.9. The first-order valence-corrected chi connectivity index (χ1v) is 10.4. The number of halogens is 1. The van der Waals surface area contributed by atoms with Gasteiger partial charge in [-0.15, -0.1) is 0 Å². The summed E-state index contributed by atoms with van der Waals surface area (Å²) in [5.41, 5.74) is 1.87. The zero-order valence-electron chi connectivity index (χ0n) is 17.6. The first-order valence-electron chi connectivity index (χ1n) is 10.0. The van der Waals surface area contributed by atoms with Crippen LogP contribution in [0.1, 0.15) is 40.2 Å². The Bertz CT molecular complexity index is 872. The van der Waals surface area contributed by atoms with Gasteiger partial charge in [-0.05, 0) is 44.4 Å². The molecule has 1 fully saturated rings. The van der Waals surface area contributed by atoms with E-state index in [2.05, 4.69) is 9.88 Å². The van der Waals surface area contributed by atoms with E-state index in [0.717, 1.165) is 16.8 Å². The largest absolute Gasteiger partial charge is 0.488 e. The van der Waals surface area contributed by atoms with Gasteiger partial charge in [-0.3, -0.25) is 0 Å². The van der Waals surface area contributed by atoms with Crippen LogP contribution in [0.15, 0.2) is 24.3 Å². The fourth-order valence-electron chi connectivity index (χ4n) is 3.81. The van der Waals surface area contributed by atoms with Gasteiger partial charge in [0.15, 0.2) is 11.4 Å². The van der Waals surface area contributed by atoms with Gasteiger partial charge in [0.1, 0.15) is 12.7 Å². The number of benzene rings is 1. The third-order valence-electron chi connectivity index (χ3n) is 5.79. The molecule has 7 nitrogen and oxygen atoms in total. The van der Waals surface area contributed by atoms with Crippen LogP contribution in [0.4, 0.5) is 0 Å². The molecule has 2 aromatic rings. The summed E-state index contributed by atoms with van der Waals surface area (Å²) in [4.78, 5) is 17.0. The Kier molecular flexibility index (Phi) is 7.08. The molecule has 3 rings (SSSR count). The van der Waals surface area contributed by atoms with E-state index in [4.69, 9.17) is 21.1 Å². The molecule has 0 radical (unpaired) electrons. The minimum atomic E-state index is -0.877. The number of β-amino-alcohol motifs (C(OH)–C–C–N with tert-alkyl or cyclic N) is 1. The van der Waals surface area contributed by atoms with E-state index >= 15 is 0 Å². The van der Waals surface area contributed by atoms with E-state index in [0.29, 0.717) is 43.2 Å². The second-order valence-electron chi connectivity index (χ2n) is 7.87. The monoisotopic (exact) mass is 436 g/mol. The number of aliphatic hydroxyl groups is 2. The number of ether oxygens (including phenoxy) is 2. The molecule has 8 heteroatoms. The SMILES string of the molecule is COC(=O)c1[nH]c(C)c(C)c1OCC(O)CN1CCC(O)(c2ccc(Cl)cc2)CC1. The molecule has 0 spiro atoms. The number of piperidine rings is 1. The van der Waals surface area contributed by atoms with Crippen LogP contribution in [0, 0.1) is 13.8 Å². The molecule has 0 aliphatic carbocycles. The van der Waals surface area contributed by atoms with Crippen molar-refractivity contribution in [2.45, 2.75) is 38.4 Å². The van der Waals surface area contributed by atoms with Crippen LogP contribution >= 0.6 is 11.6 Å². The van der Waals surface area contributed by atoms with Crippen LogP contribution in [0.25, 0.3) is 0 Å². The highest BCUT2D eigenvalue weighted by molar-refractivity contribution is 6.30. The van der Waals surface area contributed by atoms with Crippen LogP contribution in [0.5, 0.6) is 5.75 Å². The standard InChI is InChI=1S/C22H29ClN2O5/c1-14-15(2)24-19(21(27)29-3)20(14)30-13-18(26)12-25-10-8-22(28,9-11-25)16-4-6-17(23)7-5-16/h4-7,18,24,26,28H,8-13H2,1-3H3. The third-order valence-corrected chi connectivity index (χ3v) is 6.04. The lowest BCUT2D eigenvalue weighted by molar-refractivity contribution is -0.0372. The van der Waals surface area contributed by atoms with Crippen LogP contribution in [-0.2, 0) is 10.3 Å². The summed E-state index contributed by atoms with van der Waals surface area (Å²) in [6.07, 6.45) is 0.419. The van der Waals surface area contributed by atoms with Crippen molar-refractivity contribution in [2.75, 3.05) is 33.4 Å². The number of rotatable bonds is 7. The molecule has 1 aliphatic rings. The molecule has 2 heterocycles. The number of H-pyrrole nitrogens is 1. The van der Waals surface area contributed by atoms with Gasteiger partial charge in [0.25, 0.3) is 0 Å². The number of likely N-dealkylation sites (tertiary alicyclic amines) is 1. The fraction of sp³-hybridized carbons (Fsp3) is 0.500. The Labute approximate surface area is 181 Å². The zero-order chi connectivity index (χ0) is 21.9. The predicted molar refractivity (Wildman–Crippen MR) is 114 cm³/mol. The highest BCUT2D eigenvalue weighted by Crippen LogP contribution is 2.33. The second-order valence-corrected chi connectivity index (χ2v) is 8.31. The Balaban J connectivity index is 1.53. The number of aromatic amines is 1. The molecular weight excluding hydrogens is 408 g/mol. The van der Waals surface area contributed by atoms with E-state index in [9.17, 15) is 15.0 Å². The van der Waals surface area contributed by atoms with Crippen molar-refractivity contribution in [1.29, 1.82) is 0 Å². The number of hydrogen-bond acceptors (Lipinski definition) is 6.